The van der Waals surface area contributed by atoms with Crippen molar-refractivity contribution in [2.45, 2.75) is 38.1 Å². The summed E-state index contributed by atoms with van der Waals surface area (Å²) < 4.78 is 0.895. The number of thiophene rings is 1. The Balaban J connectivity index is 1.41. The quantitative estimate of drug-likeness (QED) is 0.475. The molecule has 0 spiro atoms. The number of nitrogens with two attached hydrogens (primary N) is 1. The Hall–Kier alpha value is -2.64. The van der Waals surface area contributed by atoms with Gasteiger partial charge in [-0.3, -0.25) is 9.69 Å². The highest BCUT2D eigenvalue weighted by Crippen LogP contribution is 2.33. The summed E-state index contributed by atoms with van der Waals surface area (Å²) in [6, 6.07) is 7.09. The number of anilines is 1. The second kappa shape index (κ2) is 6.43. The number of aromatic amines is 2. The van der Waals surface area contributed by atoms with E-state index in [1.165, 1.54) is 41.7 Å². The van der Waals surface area contributed by atoms with Gasteiger partial charge in [-0.1, -0.05) is 6.42 Å². The first-order valence-electron chi connectivity index (χ1n) is 10.3. The molecule has 6 nitrogen and oxygen atoms in total. The third kappa shape index (κ3) is 2.72. The highest BCUT2D eigenvalue weighted by atomic mass is 32.1. The zero-order valence-electron chi connectivity index (χ0n) is 16.1. The van der Waals surface area contributed by atoms with E-state index >= 15 is 0 Å². The molecule has 1 aliphatic carbocycles. The van der Waals surface area contributed by atoms with Crippen LogP contribution in [0.5, 0.6) is 0 Å². The van der Waals surface area contributed by atoms with E-state index in [0.29, 0.717) is 17.1 Å². The minimum absolute atomic E-state index is 0.204. The summed E-state index contributed by atoms with van der Waals surface area (Å²) in [7, 11) is 0. The topological polar surface area (TPSA) is 90.8 Å². The van der Waals surface area contributed by atoms with Gasteiger partial charge < -0.3 is 15.7 Å². The van der Waals surface area contributed by atoms with Crippen molar-refractivity contribution in [1.29, 1.82) is 0 Å². The van der Waals surface area contributed by atoms with Crippen LogP contribution in [0.25, 0.3) is 32.6 Å². The molecule has 0 unspecified atom stereocenters. The van der Waals surface area contributed by atoms with Crippen LogP contribution in [0.15, 0.2) is 28.4 Å². The molecule has 0 atom stereocenters. The van der Waals surface area contributed by atoms with Crippen LogP contribution in [0.1, 0.15) is 30.4 Å². The predicted octanol–water partition coefficient (Wildman–Crippen LogP) is 3.67. The average molecular weight is 406 g/mol. The molecule has 7 heteroatoms. The molecule has 1 aromatic carbocycles. The minimum Gasteiger partial charge on any atom is -0.397 e. The fourth-order valence-corrected chi connectivity index (χ4v) is 5.57. The number of nitrogen functional groups attached to an aromatic ring is 1. The lowest BCUT2D eigenvalue weighted by Crippen LogP contribution is -2.41. The van der Waals surface area contributed by atoms with Crippen molar-refractivity contribution < 1.29 is 0 Å². The molecule has 0 radical (unpaired) electrons. The summed E-state index contributed by atoms with van der Waals surface area (Å²) >= 11 is 1.53. The molecule has 29 heavy (non-hydrogen) atoms. The molecule has 1 saturated carbocycles. The van der Waals surface area contributed by atoms with Crippen LogP contribution in [0.3, 0.4) is 0 Å². The van der Waals surface area contributed by atoms with Crippen LogP contribution in [-0.4, -0.2) is 39.0 Å². The summed E-state index contributed by atoms with van der Waals surface area (Å²) in [4.78, 5) is 26.4. The minimum atomic E-state index is -0.204. The smallest absolute Gasteiger partial charge is 0.261 e. The Morgan fingerprint density at radius 1 is 1.10 bits per heavy atom. The van der Waals surface area contributed by atoms with Gasteiger partial charge in [0.05, 0.1) is 26.9 Å². The molecule has 0 amide bonds. The first-order valence-corrected chi connectivity index (χ1v) is 11.2. The average Bonchev–Trinajstić information content (AvgIpc) is 3.23. The molecule has 3 aromatic heterocycles. The van der Waals surface area contributed by atoms with Crippen LogP contribution in [-0.2, 0) is 12.8 Å². The van der Waals surface area contributed by atoms with Gasteiger partial charge in [0.15, 0.2) is 0 Å². The van der Waals surface area contributed by atoms with E-state index in [4.69, 9.17) is 10.7 Å². The maximum Gasteiger partial charge on any atom is 0.261 e. The van der Waals surface area contributed by atoms with Crippen LogP contribution < -0.4 is 11.3 Å². The van der Waals surface area contributed by atoms with Gasteiger partial charge in [-0.2, -0.15) is 0 Å². The van der Waals surface area contributed by atoms with Crippen molar-refractivity contribution in [1.82, 2.24) is 19.9 Å². The number of benzene rings is 1. The molecule has 4 N–H and O–H groups in total. The molecular formula is C22H23N5OS. The summed E-state index contributed by atoms with van der Waals surface area (Å²) in [5.74, 6) is 0.547. The van der Waals surface area contributed by atoms with Gasteiger partial charge >= 0.3 is 0 Å². The highest BCUT2D eigenvalue weighted by Gasteiger charge is 2.26. The van der Waals surface area contributed by atoms with Gasteiger partial charge in [-0.05, 0) is 60.4 Å². The fourth-order valence-electron chi connectivity index (χ4n) is 4.76. The molecule has 0 bridgehead atoms. The molecule has 0 saturated heterocycles. The van der Waals surface area contributed by atoms with Crippen LogP contribution in [0, 0.1) is 0 Å². The largest absolute Gasteiger partial charge is 0.397 e. The molecule has 1 aliphatic heterocycles. The Morgan fingerprint density at radius 2 is 1.90 bits per heavy atom. The second-order valence-corrected chi connectivity index (χ2v) is 9.17. The lowest BCUT2D eigenvalue weighted by Gasteiger charge is -2.36. The van der Waals surface area contributed by atoms with Gasteiger partial charge in [0, 0.05) is 19.1 Å². The van der Waals surface area contributed by atoms with Crippen molar-refractivity contribution in [2.24, 2.45) is 0 Å². The summed E-state index contributed by atoms with van der Waals surface area (Å²) in [6.07, 6.45) is 6.22. The first kappa shape index (κ1) is 17.2. The number of hydrogen-bond donors (Lipinski definition) is 3. The lowest BCUT2D eigenvalue weighted by molar-refractivity contribution is 0.133. The summed E-state index contributed by atoms with van der Waals surface area (Å²) in [5, 5.41) is 1.93. The molecule has 2 aliphatic rings. The fraction of sp³-hybridized carbons (Fsp3) is 0.364. The predicted molar refractivity (Wildman–Crippen MR) is 119 cm³/mol. The molecule has 148 valence electrons. The van der Waals surface area contributed by atoms with Crippen molar-refractivity contribution in [3.05, 3.63) is 45.1 Å². The van der Waals surface area contributed by atoms with Gasteiger partial charge in [0.2, 0.25) is 0 Å². The van der Waals surface area contributed by atoms with E-state index in [9.17, 15) is 4.79 Å². The van der Waals surface area contributed by atoms with Crippen molar-refractivity contribution in [2.75, 3.05) is 18.8 Å². The highest BCUT2D eigenvalue weighted by molar-refractivity contribution is 7.17. The normalized spacial score (nSPS) is 18.1. The van der Waals surface area contributed by atoms with Crippen molar-refractivity contribution in [3.63, 3.8) is 0 Å². The van der Waals surface area contributed by atoms with Crippen LogP contribution in [0.4, 0.5) is 5.69 Å². The number of H-pyrrole nitrogens is 2. The SMILES string of the molecule is Nc1c(-c2nc3cc4c(cc3[nH]2)CCN(C2CCC2)CC4)c(=O)[nH]c2ccsc12. The van der Waals surface area contributed by atoms with E-state index < -0.39 is 0 Å². The summed E-state index contributed by atoms with van der Waals surface area (Å²) in [6.45, 7) is 2.26. The monoisotopic (exact) mass is 405 g/mol. The van der Waals surface area contributed by atoms with E-state index in [1.807, 2.05) is 11.4 Å². The zero-order chi connectivity index (χ0) is 19.5. The van der Waals surface area contributed by atoms with Crippen molar-refractivity contribution in [3.8, 4) is 11.4 Å². The molecule has 4 aromatic rings. The van der Waals surface area contributed by atoms with Crippen LogP contribution >= 0.6 is 11.3 Å². The number of nitrogens with one attached hydrogen (secondary N) is 2. The maximum absolute atomic E-state index is 12.7. The first-order chi connectivity index (χ1) is 14.2. The Morgan fingerprint density at radius 3 is 2.66 bits per heavy atom. The number of hydrogen-bond acceptors (Lipinski definition) is 5. The Kier molecular flexibility index (Phi) is 3.82. The number of rotatable bonds is 2. The van der Waals surface area contributed by atoms with Gasteiger partial charge in [-0.15, -0.1) is 11.3 Å². The van der Waals surface area contributed by atoms with E-state index in [2.05, 4.69) is 27.0 Å². The Bertz CT molecular complexity index is 1250. The number of aromatic nitrogens is 3. The van der Waals surface area contributed by atoms with E-state index in [-0.39, 0.29) is 5.56 Å². The number of nitrogens with zero attached hydrogens (tertiary/aromatic N) is 2. The molecule has 1 fully saturated rings. The van der Waals surface area contributed by atoms with Gasteiger partial charge in [0.1, 0.15) is 11.4 Å². The maximum atomic E-state index is 12.7. The molecule has 6 rings (SSSR count). The lowest BCUT2D eigenvalue weighted by atomic mass is 9.91. The third-order valence-electron chi connectivity index (χ3n) is 6.62. The van der Waals surface area contributed by atoms with Gasteiger partial charge in [0.25, 0.3) is 5.56 Å². The van der Waals surface area contributed by atoms with Crippen molar-refractivity contribution >= 4 is 38.3 Å². The van der Waals surface area contributed by atoms with E-state index in [0.717, 1.165) is 53.2 Å². The second-order valence-electron chi connectivity index (χ2n) is 8.25. The molecular weight excluding hydrogens is 382 g/mol. The Labute approximate surface area is 171 Å². The zero-order valence-corrected chi connectivity index (χ0v) is 16.9. The number of fused-ring (bicyclic) bond motifs is 3. The molecule has 4 heterocycles. The van der Waals surface area contributed by atoms with E-state index in [1.54, 1.807) is 0 Å². The van der Waals surface area contributed by atoms with Crippen LogP contribution in [0.2, 0.25) is 0 Å². The third-order valence-corrected chi connectivity index (χ3v) is 7.57. The number of pyridine rings is 1. The van der Waals surface area contributed by atoms with Gasteiger partial charge in [-0.25, -0.2) is 4.98 Å². The summed E-state index contributed by atoms with van der Waals surface area (Å²) in [5.41, 5.74) is 12.5. The standard InChI is InChI=1S/C22H23N5OS/c23-19-18(22(28)26-15-6-9-29-20(15)19)21-24-16-10-12-4-7-27(14-2-1-3-14)8-5-13(12)11-17(16)25-21/h6,9-11,14H,1-5,7-8H2,(H,24,25)(H3,23,26,28). The number of imidazole rings is 1.